The minimum Gasteiger partial charge on any atom is -0.494 e. The number of aromatic nitrogens is 1. The van der Waals surface area contributed by atoms with Crippen molar-refractivity contribution >= 4 is 10.8 Å². The van der Waals surface area contributed by atoms with Crippen molar-refractivity contribution in [2.45, 2.75) is 13.0 Å². The van der Waals surface area contributed by atoms with Crippen molar-refractivity contribution in [1.82, 2.24) is 4.57 Å². The Balaban J connectivity index is 1.90. The van der Waals surface area contributed by atoms with E-state index in [1.165, 1.54) is 4.57 Å². The Bertz CT molecular complexity index is 930. The number of nitrogens with zero attached hydrogens (tertiary/aromatic N) is 1. The zero-order chi connectivity index (χ0) is 17.1. The number of hydrogen-bond donors (Lipinski definition) is 1. The standard InChI is InChI=1S/C19H19NO4/c1-23-16-8-7-13(11-17(16)24-2)9-10-20-18(21)12-14-5-3-4-6-15(14)19(20)22/h3-8,11-12,22H,9-10H2,1-2H3. The monoisotopic (exact) mass is 325 g/mol. The minimum atomic E-state index is -0.216. The molecule has 124 valence electrons. The fourth-order valence-electron chi connectivity index (χ4n) is 2.78. The van der Waals surface area contributed by atoms with Gasteiger partial charge in [-0.25, -0.2) is 0 Å². The highest BCUT2D eigenvalue weighted by Crippen LogP contribution is 2.28. The van der Waals surface area contributed by atoms with E-state index in [-0.39, 0.29) is 11.4 Å². The van der Waals surface area contributed by atoms with Crippen molar-refractivity contribution in [2.24, 2.45) is 0 Å². The van der Waals surface area contributed by atoms with E-state index in [1.54, 1.807) is 26.4 Å². The van der Waals surface area contributed by atoms with Crippen LogP contribution < -0.4 is 15.0 Å². The highest BCUT2D eigenvalue weighted by molar-refractivity contribution is 5.86. The first-order valence-electron chi connectivity index (χ1n) is 7.66. The maximum Gasteiger partial charge on any atom is 0.253 e. The Kier molecular flexibility index (Phi) is 4.42. The molecule has 0 amide bonds. The van der Waals surface area contributed by atoms with Gasteiger partial charge in [0.2, 0.25) is 5.88 Å². The van der Waals surface area contributed by atoms with Gasteiger partial charge in [-0.05, 0) is 35.6 Å². The lowest BCUT2D eigenvalue weighted by molar-refractivity contribution is 0.354. The Morgan fingerprint density at radius 3 is 2.50 bits per heavy atom. The molecule has 3 aromatic rings. The van der Waals surface area contributed by atoms with Gasteiger partial charge in [-0.2, -0.15) is 0 Å². The highest BCUT2D eigenvalue weighted by atomic mass is 16.5. The normalized spacial score (nSPS) is 10.8. The zero-order valence-corrected chi connectivity index (χ0v) is 13.7. The molecule has 0 bridgehead atoms. The summed E-state index contributed by atoms with van der Waals surface area (Å²) >= 11 is 0. The summed E-state index contributed by atoms with van der Waals surface area (Å²) in [6.07, 6.45) is 0.589. The summed E-state index contributed by atoms with van der Waals surface area (Å²) in [4.78, 5) is 12.3. The van der Waals surface area contributed by atoms with Crippen LogP contribution in [0.25, 0.3) is 10.8 Å². The van der Waals surface area contributed by atoms with Crippen molar-refractivity contribution in [1.29, 1.82) is 0 Å². The Morgan fingerprint density at radius 2 is 1.75 bits per heavy atom. The number of rotatable bonds is 5. The average molecular weight is 325 g/mol. The van der Waals surface area contributed by atoms with Gasteiger partial charge in [0.25, 0.3) is 5.56 Å². The molecular formula is C19H19NO4. The van der Waals surface area contributed by atoms with Crippen LogP contribution >= 0.6 is 0 Å². The second-order valence-electron chi connectivity index (χ2n) is 5.48. The fourth-order valence-corrected chi connectivity index (χ4v) is 2.78. The van der Waals surface area contributed by atoms with Crippen LogP contribution in [-0.4, -0.2) is 23.9 Å². The van der Waals surface area contributed by atoms with Crippen LogP contribution in [0.5, 0.6) is 17.4 Å². The first-order chi connectivity index (χ1) is 11.6. The summed E-state index contributed by atoms with van der Waals surface area (Å²) in [5.41, 5.74) is 0.777. The van der Waals surface area contributed by atoms with E-state index < -0.39 is 0 Å². The van der Waals surface area contributed by atoms with Gasteiger partial charge in [-0.3, -0.25) is 9.36 Å². The van der Waals surface area contributed by atoms with Crippen LogP contribution in [0.3, 0.4) is 0 Å². The molecule has 0 unspecified atom stereocenters. The predicted molar refractivity (Wildman–Crippen MR) is 93.1 cm³/mol. The molecular weight excluding hydrogens is 306 g/mol. The van der Waals surface area contributed by atoms with Crippen molar-refractivity contribution in [3.05, 3.63) is 64.4 Å². The molecule has 1 heterocycles. The molecule has 1 aromatic heterocycles. The number of ether oxygens (including phenoxy) is 2. The van der Waals surface area contributed by atoms with Gasteiger partial charge in [0.15, 0.2) is 11.5 Å². The van der Waals surface area contributed by atoms with Crippen molar-refractivity contribution < 1.29 is 14.6 Å². The van der Waals surface area contributed by atoms with E-state index in [4.69, 9.17) is 9.47 Å². The van der Waals surface area contributed by atoms with Gasteiger partial charge in [0.1, 0.15) is 0 Å². The molecule has 5 nitrogen and oxygen atoms in total. The number of aryl methyl sites for hydroxylation is 1. The van der Waals surface area contributed by atoms with Gasteiger partial charge in [0, 0.05) is 18.0 Å². The number of pyridine rings is 1. The molecule has 0 fully saturated rings. The number of aromatic hydroxyl groups is 1. The summed E-state index contributed by atoms with van der Waals surface area (Å²) < 4.78 is 11.9. The average Bonchev–Trinajstić information content (AvgIpc) is 2.61. The minimum absolute atomic E-state index is 0.00132. The van der Waals surface area contributed by atoms with Crippen LogP contribution in [0, 0.1) is 0 Å². The third-order valence-electron chi connectivity index (χ3n) is 4.07. The van der Waals surface area contributed by atoms with Gasteiger partial charge in [-0.15, -0.1) is 0 Å². The fraction of sp³-hybridized carbons (Fsp3) is 0.211. The van der Waals surface area contributed by atoms with Crippen LogP contribution in [0.2, 0.25) is 0 Å². The third-order valence-corrected chi connectivity index (χ3v) is 4.07. The molecule has 0 atom stereocenters. The van der Waals surface area contributed by atoms with Gasteiger partial charge in [0.05, 0.1) is 14.2 Å². The Morgan fingerprint density at radius 1 is 1.00 bits per heavy atom. The molecule has 0 radical (unpaired) electrons. The van der Waals surface area contributed by atoms with Crippen LogP contribution in [0.4, 0.5) is 0 Å². The SMILES string of the molecule is COc1ccc(CCn2c(O)c3ccccc3cc2=O)cc1OC. The summed E-state index contributed by atoms with van der Waals surface area (Å²) in [6, 6.07) is 14.5. The smallest absolute Gasteiger partial charge is 0.253 e. The molecule has 0 aliphatic rings. The van der Waals surface area contributed by atoms with Crippen LogP contribution in [0.15, 0.2) is 53.3 Å². The topological polar surface area (TPSA) is 60.7 Å². The molecule has 0 aliphatic heterocycles. The van der Waals surface area contributed by atoms with Crippen molar-refractivity contribution in [3.63, 3.8) is 0 Å². The largest absolute Gasteiger partial charge is 0.494 e. The summed E-state index contributed by atoms with van der Waals surface area (Å²) in [6.45, 7) is 0.380. The van der Waals surface area contributed by atoms with Crippen LogP contribution in [0.1, 0.15) is 5.56 Å². The lowest BCUT2D eigenvalue weighted by Gasteiger charge is -2.12. The van der Waals surface area contributed by atoms with E-state index in [2.05, 4.69) is 0 Å². The Hall–Kier alpha value is -2.95. The number of benzene rings is 2. The molecule has 2 aromatic carbocycles. The van der Waals surface area contributed by atoms with Gasteiger partial charge < -0.3 is 14.6 Å². The highest BCUT2D eigenvalue weighted by Gasteiger charge is 2.10. The first-order valence-corrected chi connectivity index (χ1v) is 7.66. The molecule has 1 N–H and O–H groups in total. The first kappa shape index (κ1) is 15.9. The van der Waals surface area contributed by atoms with Gasteiger partial charge >= 0.3 is 0 Å². The quantitative estimate of drug-likeness (QED) is 0.783. The van der Waals surface area contributed by atoms with E-state index in [1.807, 2.05) is 36.4 Å². The van der Waals surface area contributed by atoms with Crippen molar-refractivity contribution in [3.8, 4) is 17.4 Å². The molecule has 0 aliphatic carbocycles. The summed E-state index contributed by atoms with van der Waals surface area (Å²) in [5.74, 6) is 1.30. The van der Waals surface area contributed by atoms with E-state index >= 15 is 0 Å². The molecule has 0 saturated heterocycles. The molecule has 0 spiro atoms. The maximum atomic E-state index is 12.3. The number of hydrogen-bond acceptors (Lipinski definition) is 4. The lowest BCUT2D eigenvalue weighted by Crippen LogP contribution is -2.20. The molecule has 5 heteroatoms. The zero-order valence-electron chi connectivity index (χ0n) is 13.7. The summed E-state index contributed by atoms with van der Waals surface area (Å²) in [7, 11) is 3.17. The number of methoxy groups -OCH3 is 2. The molecule has 0 saturated carbocycles. The summed E-state index contributed by atoms with van der Waals surface area (Å²) in [5, 5.41) is 11.8. The van der Waals surface area contributed by atoms with Crippen LogP contribution in [-0.2, 0) is 13.0 Å². The number of fused-ring (bicyclic) bond motifs is 1. The predicted octanol–water partition coefficient (Wildman–Crippen LogP) is 2.97. The van der Waals surface area contributed by atoms with E-state index in [0.717, 1.165) is 10.9 Å². The second kappa shape index (κ2) is 6.66. The Labute approximate surface area is 139 Å². The van der Waals surface area contributed by atoms with Gasteiger partial charge in [-0.1, -0.05) is 24.3 Å². The molecule has 3 rings (SSSR count). The molecule has 24 heavy (non-hydrogen) atoms. The van der Waals surface area contributed by atoms with E-state index in [0.29, 0.717) is 29.9 Å². The maximum absolute atomic E-state index is 12.3. The van der Waals surface area contributed by atoms with Crippen molar-refractivity contribution in [2.75, 3.05) is 14.2 Å². The third kappa shape index (κ3) is 2.93. The van der Waals surface area contributed by atoms with E-state index in [9.17, 15) is 9.90 Å². The second-order valence-corrected chi connectivity index (χ2v) is 5.48. The lowest BCUT2D eigenvalue weighted by atomic mass is 10.1.